The fraction of sp³-hybridized carbons (Fsp3) is 0.579. The van der Waals surface area contributed by atoms with Crippen molar-refractivity contribution < 1.29 is 19.8 Å². The molecule has 44 heavy (non-hydrogen) atoms. The lowest BCUT2D eigenvalue weighted by molar-refractivity contribution is -0.148. The van der Waals surface area contributed by atoms with Gasteiger partial charge in [0, 0.05) is 9.81 Å². The van der Waals surface area contributed by atoms with Crippen LogP contribution >= 0.6 is 23.5 Å². The third kappa shape index (κ3) is 12.7. The fourth-order valence-electron chi connectivity index (χ4n) is 5.00. The highest BCUT2D eigenvalue weighted by atomic mass is 32.2. The first kappa shape index (κ1) is 39.8. The number of benzene rings is 1. The minimum absolute atomic E-state index is 0.354. The summed E-state index contributed by atoms with van der Waals surface area (Å²) in [6.07, 6.45) is 16.6. The number of thioether (sulfide) groups is 2. The quantitative estimate of drug-likeness (QED) is 0.197. The number of rotatable bonds is 14. The third-order valence-electron chi connectivity index (χ3n) is 7.77. The van der Waals surface area contributed by atoms with Crippen molar-refractivity contribution in [1.29, 1.82) is 0 Å². The van der Waals surface area contributed by atoms with Crippen molar-refractivity contribution in [3.63, 3.8) is 0 Å². The predicted octanol–water partition coefficient (Wildman–Crippen LogP) is 12.3. The average molecular weight is 643 g/mol. The molecule has 0 spiro atoms. The molecule has 0 bridgehead atoms. The monoisotopic (exact) mass is 642 g/mol. The number of carboxylic acid groups (broad SMARTS) is 2. The first-order valence-electron chi connectivity index (χ1n) is 16.6. The molecule has 0 amide bonds. The molecule has 0 aliphatic carbocycles. The van der Waals surface area contributed by atoms with E-state index in [1.807, 2.05) is 78.9 Å². The molecule has 1 aromatic carbocycles. The summed E-state index contributed by atoms with van der Waals surface area (Å²) in [4.78, 5) is 28.2. The van der Waals surface area contributed by atoms with Gasteiger partial charge >= 0.3 is 11.9 Å². The van der Waals surface area contributed by atoms with E-state index in [2.05, 4.69) is 62.4 Å². The second-order valence-electron chi connectivity index (χ2n) is 12.6. The van der Waals surface area contributed by atoms with Gasteiger partial charge in [-0.25, -0.2) is 0 Å². The van der Waals surface area contributed by atoms with Gasteiger partial charge in [0.2, 0.25) is 0 Å². The molecule has 0 aromatic heterocycles. The van der Waals surface area contributed by atoms with Crippen LogP contribution in [-0.2, 0) is 9.59 Å². The van der Waals surface area contributed by atoms with Gasteiger partial charge in [-0.05, 0) is 99.0 Å². The molecule has 0 radical (unpaired) electrons. The van der Waals surface area contributed by atoms with E-state index >= 15 is 0 Å². The Kier molecular flexibility index (Phi) is 17.5. The normalized spacial score (nSPS) is 18.3. The van der Waals surface area contributed by atoms with Crippen molar-refractivity contribution in [1.82, 2.24) is 0 Å². The number of unbranched alkanes of at least 4 members (excludes halogenated alkanes) is 2. The Balaban J connectivity index is 0.00000232. The summed E-state index contributed by atoms with van der Waals surface area (Å²) in [6, 6.07) is 8.71. The van der Waals surface area contributed by atoms with Crippen molar-refractivity contribution in [2.45, 2.75) is 121 Å². The number of allylic oxidation sites excluding steroid dienone is 6. The van der Waals surface area contributed by atoms with E-state index in [0.717, 1.165) is 38.5 Å². The third-order valence-corrected chi connectivity index (χ3v) is 10.1. The van der Waals surface area contributed by atoms with Crippen molar-refractivity contribution in [3.05, 3.63) is 69.5 Å². The summed E-state index contributed by atoms with van der Waals surface area (Å²) in [5, 5.41) is 18.8. The van der Waals surface area contributed by atoms with Gasteiger partial charge in [0.15, 0.2) is 0 Å². The number of hydrogen-bond acceptors (Lipinski definition) is 4. The van der Waals surface area contributed by atoms with Gasteiger partial charge in [-0.1, -0.05) is 126 Å². The first-order valence-corrected chi connectivity index (χ1v) is 18.2. The van der Waals surface area contributed by atoms with E-state index in [1.54, 1.807) is 0 Å². The molecule has 0 saturated carbocycles. The van der Waals surface area contributed by atoms with Crippen LogP contribution in [-0.4, -0.2) is 22.2 Å². The van der Waals surface area contributed by atoms with E-state index in [1.165, 1.54) is 30.7 Å². The molecule has 2 aliphatic rings. The minimum Gasteiger partial charge on any atom is -0.481 e. The summed E-state index contributed by atoms with van der Waals surface area (Å²) >= 11 is 3.72. The second kappa shape index (κ2) is 19.4. The Morgan fingerprint density at radius 1 is 0.636 bits per heavy atom. The highest BCUT2D eigenvalue weighted by molar-refractivity contribution is 8.12. The maximum atomic E-state index is 11.4. The van der Waals surface area contributed by atoms with E-state index in [-0.39, 0.29) is 0 Å². The van der Waals surface area contributed by atoms with Crippen LogP contribution in [0.2, 0.25) is 0 Å². The highest BCUT2D eigenvalue weighted by Crippen LogP contribution is 2.48. The average Bonchev–Trinajstić information content (AvgIpc) is 2.99. The molecule has 2 heterocycles. The fourth-order valence-corrected chi connectivity index (χ4v) is 7.76. The number of carbonyl (C=O) groups is 2. The van der Waals surface area contributed by atoms with Gasteiger partial charge < -0.3 is 10.2 Å². The molecule has 3 rings (SSSR count). The maximum absolute atomic E-state index is 11.4. The second-order valence-corrected chi connectivity index (χ2v) is 14.9. The molecule has 2 N–H and O–H groups in total. The van der Waals surface area contributed by atoms with Crippen molar-refractivity contribution >= 4 is 45.3 Å². The molecule has 0 saturated heterocycles. The van der Waals surface area contributed by atoms with Crippen molar-refractivity contribution in [2.75, 3.05) is 0 Å². The summed E-state index contributed by atoms with van der Waals surface area (Å²) in [5.74, 6) is -0.739. The standard InChI is InChI=1S/C34H46O4S2.2C2H6/c1-23-19-25(13-9-11-17-33(3,4)31(35)36)39-29(21-23)27-15-7-8-16-28(27)30-22-24(2)20-26(40-30)14-10-12-18-34(5,6)32(37)38;2*1-2/h7-8,15-16,19-24H,9-14,17-18H2,1-6H3,(H,35,36)(H,37,38);2*1-2H3. The summed E-state index contributed by atoms with van der Waals surface area (Å²) in [7, 11) is 0. The van der Waals surface area contributed by atoms with Gasteiger partial charge in [0.1, 0.15) is 0 Å². The van der Waals surface area contributed by atoms with E-state index < -0.39 is 22.8 Å². The zero-order chi connectivity index (χ0) is 33.5. The Hall–Kier alpha value is -2.18. The Bertz CT molecular complexity index is 1110. The predicted molar refractivity (Wildman–Crippen MR) is 195 cm³/mol. The lowest BCUT2D eigenvalue weighted by Gasteiger charge is -2.24. The lowest BCUT2D eigenvalue weighted by Crippen LogP contribution is -2.23. The largest absolute Gasteiger partial charge is 0.481 e. The Morgan fingerprint density at radius 3 is 1.30 bits per heavy atom. The van der Waals surface area contributed by atoms with Crippen LogP contribution in [0.3, 0.4) is 0 Å². The van der Waals surface area contributed by atoms with Crippen LogP contribution in [0, 0.1) is 22.7 Å². The zero-order valence-corrected chi connectivity index (χ0v) is 30.6. The first-order chi connectivity index (χ1) is 20.8. The molecule has 4 nitrogen and oxygen atoms in total. The van der Waals surface area contributed by atoms with Crippen LogP contribution in [0.5, 0.6) is 0 Å². The Morgan fingerprint density at radius 2 is 0.977 bits per heavy atom. The number of carboxylic acids is 2. The molecule has 6 heteroatoms. The number of hydrogen-bond donors (Lipinski definition) is 2. The zero-order valence-electron chi connectivity index (χ0n) is 29.0. The SMILES string of the molecule is CC.CC.CC1C=C(CCCCC(C)(C)C(=O)O)SC(c2ccccc2C2=CC(C)C=C(CCCCC(C)(C)C(=O)O)S2)=C1. The van der Waals surface area contributed by atoms with E-state index in [4.69, 9.17) is 0 Å². The van der Waals surface area contributed by atoms with Crippen LogP contribution in [0.15, 0.2) is 58.4 Å². The van der Waals surface area contributed by atoms with Crippen LogP contribution in [0.1, 0.15) is 132 Å². The van der Waals surface area contributed by atoms with Gasteiger partial charge in [-0.15, -0.1) is 0 Å². The summed E-state index contributed by atoms with van der Waals surface area (Å²) in [6.45, 7) is 19.7. The maximum Gasteiger partial charge on any atom is 0.309 e. The van der Waals surface area contributed by atoms with E-state index in [9.17, 15) is 19.8 Å². The molecule has 246 valence electrons. The minimum atomic E-state index is -0.724. The van der Waals surface area contributed by atoms with Crippen LogP contribution in [0.4, 0.5) is 0 Å². The van der Waals surface area contributed by atoms with Crippen molar-refractivity contribution in [2.24, 2.45) is 22.7 Å². The van der Waals surface area contributed by atoms with E-state index in [0.29, 0.717) is 24.7 Å². The molecule has 2 atom stereocenters. The molecule has 2 unspecified atom stereocenters. The topological polar surface area (TPSA) is 74.6 Å². The molecule has 2 aliphatic heterocycles. The van der Waals surface area contributed by atoms with Crippen molar-refractivity contribution in [3.8, 4) is 0 Å². The smallest absolute Gasteiger partial charge is 0.309 e. The highest BCUT2D eigenvalue weighted by Gasteiger charge is 2.27. The summed E-state index contributed by atoms with van der Waals surface area (Å²) in [5.41, 5.74) is 1.20. The molecule has 0 fully saturated rings. The molecular formula is C38H58O4S2. The van der Waals surface area contributed by atoms with Gasteiger partial charge in [0.25, 0.3) is 0 Å². The molecule has 1 aromatic rings. The van der Waals surface area contributed by atoms with Crippen LogP contribution in [0.25, 0.3) is 9.81 Å². The lowest BCUT2D eigenvalue weighted by atomic mass is 9.87. The van der Waals surface area contributed by atoms with Gasteiger partial charge in [-0.2, -0.15) is 0 Å². The van der Waals surface area contributed by atoms with Gasteiger partial charge in [-0.3, -0.25) is 9.59 Å². The molecular weight excluding hydrogens is 585 g/mol. The van der Waals surface area contributed by atoms with Crippen LogP contribution < -0.4 is 0 Å². The Labute approximate surface area is 277 Å². The number of aliphatic carboxylic acids is 2. The van der Waals surface area contributed by atoms with Gasteiger partial charge in [0.05, 0.1) is 10.8 Å². The summed E-state index contributed by atoms with van der Waals surface area (Å²) < 4.78 is 0.